The first-order chi connectivity index (χ1) is 7.09. The molecule has 0 aliphatic heterocycles. The van der Waals surface area contributed by atoms with Gasteiger partial charge >= 0.3 is 0 Å². The summed E-state index contributed by atoms with van der Waals surface area (Å²) in [6, 6.07) is 7.92. The molecular weight excluding hydrogens is 208 g/mol. The summed E-state index contributed by atoms with van der Waals surface area (Å²) in [6.45, 7) is 4.09. The summed E-state index contributed by atoms with van der Waals surface area (Å²) in [4.78, 5) is 0. The molecule has 1 aromatic carbocycles. The average molecular weight is 227 g/mol. The summed E-state index contributed by atoms with van der Waals surface area (Å²) < 4.78 is 0. The van der Waals surface area contributed by atoms with Crippen LogP contribution in [-0.4, -0.2) is 11.2 Å². The minimum absolute atomic E-state index is 0.177. The van der Waals surface area contributed by atoms with Crippen LogP contribution in [-0.2, 0) is 6.42 Å². The number of aliphatic hydroxyl groups excluding tert-OH is 1. The molecule has 0 aromatic heterocycles. The van der Waals surface area contributed by atoms with Crippen LogP contribution in [0.3, 0.4) is 0 Å². The Morgan fingerprint density at radius 1 is 1.33 bits per heavy atom. The number of halogens is 1. The maximum Gasteiger partial charge on any atom is 0.0563 e. The quantitative estimate of drug-likeness (QED) is 0.812. The molecule has 0 saturated carbocycles. The second kappa shape index (κ2) is 6.14. The zero-order valence-electron chi connectivity index (χ0n) is 9.41. The van der Waals surface area contributed by atoms with Crippen molar-refractivity contribution in [3.05, 3.63) is 34.9 Å². The van der Waals surface area contributed by atoms with Crippen molar-refractivity contribution in [2.45, 2.75) is 39.2 Å². The van der Waals surface area contributed by atoms with Gasteiger partial charge in [0, 0.05) is 5.02 Å². The number of benzene rings is 1. The second-order valence-corrected chi connectivity index (χ2v) is 4.77. The van der Waals surface area contributed by atoms with Crippen molar-refractivity contribution < 1.29 is 5.11 Å². The second-order valence-electron chi connectivity index (χ2n) is 4.33. The van der Waals surface area contributed by atoms with Crippen molar-refractivity contribution in [1.29, 1.82) is 0 Å². The highest BCUT2D eigenvalue weighted by Crippen LogP contribution is 2.15. The number of hydrogen-bond acceptors (Lipinski definition) is 1. The Morgan fingerprint density at radius 3 is 2.67 bits per heavy atom. The Morgan fingerprint density at radius 2 is 2.07 bits per heavy atom. The third kappa shape index (κ3) is 4.67. The molecule has 0 saturated heterocycles. The normalized spacial score (nSPS) is 13.1. The van der Waals surface area contributed by atoms with Crippen LogP contribution in [0.1, 0.15) is 32.3 Å². The first kappa shape index (κ1) is 12.5. The van der Waals surface area contributed by atoms with E-state index in [1.54, 1.807) is 0 Å². The van der Waals surface area contributed by atoms with E-state index in [0.717, 1.165) is 24.3 Å². The minimum Gasteiger partial charge on any atom is -0.393 e. The molecule has 0 heterocycles. The first-order valence-corrected chi connectivity index (χ1v) is 5.90. The van der Waals surface area contributed by atoms with E-state index >= 15 is 0 Å². The van der Waals surface area contributed by atoms with E-state index in [1.807, 2.05) is 32.0 Å². The van der Waals surface area contributed by atoms with E-state index < -0.39 is 0 Å². The Hall–Kier alpha value is -0.530. The summed E-state index contributed by atoms with van der Waals surface area (Å²) in [7, 11) is 0. The predicted octanol–water partition coefficient (Wildman–Crippen LogP) is 3.68. The van der Waals surface area contributed by atoms with Crippen LogP contribution in [0.25, 0.3) is 0 Å². The summed E-state index contributed by atoms with van der Waals surface area (Å²) >= 11 is 5.89. The van der Waals surface area contributed by atoms with Gasteiger partial charge in [-0.05, 0) is 42.9 Å². The number of aliphatic hydroxyl groups is 1. The van der Waals surface area contributed by atoms with Gasteiger partial charge in [0.1, 0.15) is 0 Å². The lowest BCUT2D eigenvalue weighted by atomic mass is 9.99. The first-order valence-electron chi connectivity index (χ1n) is 5.52. The number of rotatable bonds is 5. The van der Waals surface area contributed by atoms with Gasteiger partial charge in [0.15, 0.2) is 0 Å². The zero-order chi connectivity index (χ0) is 11.3. The molecule has 1 atom stereocenters. The van der Waals surface area contributed by atoms with Crippen molar-refractivity contribution in [1.82, 2.24) is 0 Å². The van der Waals surface area contributed by atoms with Crippen LogP contribution < -0.4 is 0 Å². The van der Waals surface area contributed by atoms with Gasteiger partial charge in [0.25, 0.3) is 0 Å². The predicted molar refractivity (Wildman–Crippen MR) is 65.2 cm³/mol. The molecule has 15 heavy (non-hydrogen) atoms. The molecule has 0 amide bonds. The van der Waals surface area contributed by atoms with Crippen LogP contribution in [0.5, 0.6) is 0 Å². The molecule has 84 valence electrons. The highest BCUT2D eigenvalue weighted by Gasteiger charge is 2.08. The standard InChI is InChI=1S/C13H19ClO/c1-10(2)13(15)8-4-6-11-5-3-7-12(14)9-11/h3,5,7,9-10,13,15H,4,6,8H2,1-2H3. The van der Waals surface area contributed by atoms with Crippen molar-refractivity contribution >= 4 is 11.6 Å². The molecule has 0 bridgehead atoms. The van der Waals surface area contributed by atoms with E-state index in [-0.39, 0.29) is 6.10 Å². The largest absolute Gasteiger partial charge is 0.393 e. The van der Waals surface area contributed by atoms with Gasteiger partial charge in [0.2, 0.25) is 0 Å². The molecule has 2 heteroatoms. The fraction of sp³-hybridized carbons (Fsp3) is 0.538. The molecule has 1 N–H and O–H groups in total. The van der Waals surface area contributed by atoms with E-state index in [1.165, 1.54) is 5.56 Å². The molecule has 0 aliphatic rings. The highest BCUT2D eigenvalue weighted by molar-refractivity contribution is 6.30. The molecule has 1 rings (SSSR count). The van der Waals surface area contributed by atoms with Crippen LogP contribution >= 0.6 is 11.6 Å². The number of aryl methyl sites for hydroxylation is 1. The topological polar surface area (TPSA) is 20.2 Å². The summed E-state index contributed by atoms with van der Waals surface area (Å²) in [5, 5.41) is 10.4. The van der Waals surface area contributed by atoms with Crippen LogP contribution in [0.2, 0.25) is 5.02 Å². The van der Waals surface area contributed by atoms with E-state index in [2.05, 4.69) is 6.07 Å². The summed E-state index contributed by atoms with van der Waals surface area (Å²) in [6.07, 6.45) is 2.69. The third-order valence-electron chi connectivity index (χ3n) is 2.62. The Balaban J connectivity index is 2.32. The fourth-order valence-electron chi connectivity index (χ4n) is 1.54. The molecule has 0 spiro atoms. The van der Waals surface area contributed by atoms with Crippen molar-refractivity contribution in [3.63, 3.8) is 0 Å². The van der Waals surface area contributed by atoms with Crippen molar-refractivity contribution in [2.75, 3.05) is 0 Å². The number of hydrogen-bond donors (Lipinski definition) is 1. The Labute approximate surface area is 97.1 Å². The lowest BCUT2D eigenvalue weighted by Gasteiger charge is -2.13. The molecule has 1 nitrogen and oxygen atoms in total. The molecule has 1 unspecified atom stereocenters. The van der Waals surface area contributed by atoms with Gasteiger partial charge in [-0.1, -0.05) is 37.6 Å². The van der Waals surface area contributed by atoms with E-state index in [9.17, 15) is 5.11 Å². The van der Waals surface area contributed by atoms with Crippen LogP contribution in [0.15, 0.2) is 24.3 Å². The Bertz CT molecular complexity index is 296. The Kier molecular flexibility index (Phi) is 5.13. The molecular formula is C13H19ClO. The lowest BCUT2D eigenvalue weighted by Crippen LogP contribution is -2.14. The summed E-state index contributed by atoms with van der Waals surface area (Å²) in [5.41, 5.74) is 1.25. The zero-order valence-corrected chi connectivity index (χ0v) is 10.2. The molecule has 1 aromatic rings. The SMILES string of the molecule is CC(C)C(O)CCCc1cccc(Cl)c1. The minimum atomic E-state index is -0.177. The van der Waals surface area contributed by atoms with E-state index in [4.69, 9.17) is 11.6 Å². The average Bonchev–Trinajstić information content (AvgIpc) is 2.17. The van der Waals surface area contributed by atoms with Crippen LogP contribution in [0.4, 0.5) is 0 Å². The molecule has 0 fully saturated rings. The van der Waals surface area contributed by atoms with E-state index in [0.29, 0.717) is 5.92 Å². The maximum atomic E-state index is 9.63. The van der Waals surface area contributed by atoms with Gasteiger partial charge in [-0.15, -0.1) is 0 Å². The van der Waals surface area contributed by atoms with Gasteiger partial charge in [-0.25, -0.2) is 0 Å². The summed E-state index contributed by atoms with van der Waals surface area (Å²) in [5.74, 6) is 0.351. The fourth-order valence-corrected chi connectivity index (χ4v) is 1.75. The van der Waals surface area contributed by atoms with Crippen molar-refractivity contribution in [2.24, 2.45) is 5.92 Å². The van der Waals surface area contributed by atoms with Crippen LogP contribution in [0, 0.1) is 5.92 Å². The molecule has 0 aliphatic carbocycles. The third-order valence-corrected chi connectivity index (χ3v) is 2.86. The van der Waals surface area contributed by atoms with Gasteiger partial charge in [-0.3, -0.25) is 0 Å². The van der Waals surface area contributed by atoms with Gasteiger partial charge in [-0.2, -0.15) is 0 Å². The van der Waals surface area contributed by atoms with Gasteiger partial charge in [0.05, 0.1) is 6.10 Å². The highest BCUT2D eigenvalue weighted by atomic mass is 35.5. The monoisotopic (exact) mass is 226 g/mol. The van der Waals surface area contributed by atoms with Crippen molar-refractivity contribution in [3.8, 4) is 0 Å². The maximum absolute atomic E-state index is 9.63. The lowest BCUT2D eigenvalue weighted by molar-refractivity contribution is 0.114. The molecule has 0 radical (unpaired) electrons. The van der Waals surface area contributed by atoms with Gasteiger partial charge < -0.3 is 5.11 Å². The smallest absolute Gasteiger partial charge is 0.0563 e.